The molecule has 0 aliphatic carbocycles. The van der Waals surface area contributed by atoms with Crippen LogP contribution in [-0.4, -0.2) is 14.8 Å². The molecular formula is C17H16FN3S. The van der Waals surface area contributed by atoms with Crippen LogP contribution in [-0.2, 0) is 12.3 Å². The maximum atomic E-state index is 12.9. The fraction of sp³-hybridized carbons (Fsp3) is 0.176. The van der Waals surface area contributed by atoms with Gasteiger partial charge in [0.2, 0.25) is 0 Å². The Kier molecular flexibility index (Phi) is 4.53. The fourth-order valence-electron chi connectivity index (χ4n) is 2.14. The van der Waals surface area contributed by atoms with Gasteiger partial charge in [-0.25, -0.2) is 4.39 Å². The molecule has 0 aliphatic rings. The van der Waals surface area contributed by atoms with E-state index in [2.05, 4.69) is 26.9 Å². The third-order valence-electron chi connectivity index (χ3n) is 3.37. The standard InChI is InChI=1S/C17H16FN3S/c1-13-19-20-17(21(13)11-14-5-3-2-4-6-14)22-12-15-7-9-16(18)10-8-15/h2-10H,11-12H2,1H3. The van der Waals surface area contributed by atoms with Crippen LogP contribution in [0.1, 0.15) is 17.0 Å². The number of nitrogens with zero attached hydrogens (tertiary/aromatic N) is 3. The molecule has 112 valence electrons. The molecule has 3 aromatic rings. The predicted molar refractivity (Wildman–Crippen MR) is 86.3 cm³/mol. The van der Waals surface area contributed by atoms with E-state index in [1.54, 1.807) is 23.9 Å². The number of rotatable bonds is 5. The molecule has 0 amide bonds. The zero-order chi connectivity index (χ0) is 15.4. The lowest BCUT2D eigenvalue weighted by molar-refractivity contribution is 0.627. The van der Waals surface area contributed by atoms with Gasteiger partial charge in [-0.2, -0.15) is 0 Å². The van der Waals surface area contributed by atoms with Crippen LogP contribution in [0.25, 0.3) is 0 Å². The Labute approximate surface area is 133 Å². The van der Waals surface area contributed by atoms with Crippen molar-refractivity contribution in [3.8, 4) is 0 Å². The van der Waals surface area contributed by atoms with Gasteiger partial charge in [-0.3, -0.25) is 0 Å². The summed E-state index contributed by atoms with van der Waals surface area (Å²) in [5.74, 6) is 1.43. The molecule has 0 radical (unpaired) electrons. The van der Waals surface area contributed by atoms with E-state index >= 15 is 0 Å². The van der Waals surface area contributed by atoms with Crippen molar-refractivity contribution >= 4 is 11.8 Å². The van der Waals surface area contributed by atoms with Gasteiger partial charge >= 0.3 is 0 Å². The van der Waals surface area contributed by atoms with Gasteiger partial charge in [-0.1, -0.05) is 54.2 Å². The molecule has 3 nitrogen and oxygen atoms in total. The van der Waals surface area contributed by atoms with E-state index in [0.717, 1.165) is 28.8 Å². The number of thioether (sulfide) groups is 1. The minimum Gasteiger partial charge on any atom is -0.302 e. The second kappa shape index (κ2) is 6.75. The van der Waals surface area contributed by atoms with Crippen LogP contribution in [0.2, 0.25) is 0 Å². The molecule has 0 saturated carbocycles. The largest absolute Gasteiger partial charge is 0.302 e. The summed E-state index contributed by atoms with van der Waals surface area (Å²) in [6.07, 6.45) is 0. The summed E-state index contributed by atoms with van der Waals surface area (Å²) in [6.45, 7) is 2.71. The predicted octanol–water partition coefficient (Wildman–Crippen LogP) is 4.07. The van der Waals surface area contributed by atoms with Crippen molar-refractivity contribution in [2.75, 3.05) is 0 Å². The van der Waals surface area contributed by atoms with Crippen molar-refractivity contribution in [3.63, 3.8) is 0 Å². The Bertz CT molecular complexity index is 738. The van der Waals surface area contributed by atoms with Crippen molar-refractivity contribution in [2.24, 2.45) is 0 Å². The lowest BCUT2D eigenvalue weighted by Gasteiger charge is -2.08. The van der Waals surface area contributed by atoms with Crippen molar-refractivity contribution in [1.29, 1.82) is 0 Å². The van der Waals surface area contributed by atoms with Crippen LogP contribution < -0.4 is 0 Å². The second-order valence-corrected chi connectivity index (χ2v) is 5.96. The molecule has 22 heavy (non-hydrogen) atoms. The van der Waals surface area contributed by atoms with E-state index in [0.29, 0.717) is 0 Å². The highest BCUT2D eigenvalue weighted by molar-refractivity contribution is 7.98. The monoisotopic (exact) mass is 313 g/mol. The number of halogens is 1. The van der Waals surface area contributed by atoms with Gasteiger partial charge in [0.15, 0.2) is 5.16 Å². The van der Waals surface area contributed by atoms with Crippen molar-refractivity contribution in [2.45, 2.75) is 24.4 Å². The molecule has 0 saturated heterocycles. The highest BCUT2D eigenvalue weighted by Crippen LogP contribution is 2.22. The number of aryl methyl sites for hydroxylation is 1. The van der Waals surface area contributed by atoms with E-state index in [-0.39, 0.29) is 5.82 Å². The lowest BCUT2D eigenvalue weighted by Crippen LogP contribution is -2.03. The molecule has 0 spiro atoms. The number of hydrogen-bond donors (Lipinski definition) is 0. The highest BCUT2D eigenvalue weighted by atomic mass is 32.2. The van der Waals surface area contributed by atoms with E-state index in [1.807, 2.05) is 25.1 Å². The normalized spacial score (nSPS) is 10.8. The first kappa shape index (κ1) is 14.8. The average molecular weight is 313 g/mol. The molecular weight excluding hydrogens is 297 g/mol. The molecule has 0 aliphatic heterocycles. The first-order valence-corrected chi connectivity index (χ1v) is 8.02. The molecule has 2 aromatic carbocycles. The van der Waals surface area contributed by atoms with Crippen LogP contribution in [0.15, 0.2) is 59.8 Å². The molecule has 1 aromatic heterocycles. The molecule has 3 rings (SSSR count). The first-order valence-electron chi connectivity index (χ1n) is 7.03. The Hall–Kier alpha value is -2.14. The van der Waals surface area contributed by atoms with E-state index < -0.39 is 0 Å². The van der Waals surface area contributed by atoms with Gasteiger partial charge < -0.3 is 4.57 Å². The summed E-state index contributed by atoms with van der Waals surface area (Å²) in [7, 11) is 0. The van der Waals surface area contributed by atoms with E-state index in [9.17, 15) is 4.39 Å². The summed E-state index contributed by atoms with van der Waals surface area (Å²) in [5, 5.41) is 9.30. The average Bonchev–Trinajstić information content (AvgIpc) is 2.88. The Morgan fingerprint density at radius 1 is 0.955 bits per heavy atom. The lowest BCUT2D eigenvalue weighted by atomic mass is 10.2. The fourth-order valence-corrected chi connectivity index (χ4v) is 3.08. The number of hydrogen-bond acceptors (Lipinski definition) is 3. The summed E-state index contributed by atoms with van der Waals surface area (Å²) >= 11 is 1.61. The third-order valence-corrected chi connectivity index (χ3v) is 4.40. The summed E-state index contributed by atoms with van der Waals surface area (Å²) in [5.41, 5.74) is 2.28. The van der Waals surface area contributed by atoms with Crippen LogP contribution in [0.4, 0.5) is 4.39 Å². The quantitative estimate of drug-likeness (QED) is 0.665. The Morgan fingerprint density at radius 3 is 2.41 bits per heavy atom. The zero-order valence-corrected chi connectivity index (χ0v) is 13.1. The Morgan fingerprint density at radius 2 is 1.68 bits per heavy atom. The van der Waals surface area contributed by atoms with Crippen molar-refractivity contribution in [1.82, 2.24) is 14.8 Å². The van der Waals surface area contributed by atoms with Crippen LogP contribution in [0, 0.1) is 12.7 Å². The maximum absolute atomic E-state index is 12.9. The number of aromatic nitrogens is 3. The third kappa shape index (κ3) is 3.54. The molecule has 0 atom stereocenters. The topological polar surface area (TPSA) is 30.7 Å². The van der Waals surface area contributed by atoms with Crippen LogP contribution in [0.3, 0.4) is 0 Å². The maximum Gasteiger partial charge on any atom is 0.191 e. The highest BCUT2D eigenvalue weighted by Gasteiger charge is 2.10. The molecule has 1 heterocycles. The SMILES string of the molecule is Cc1nnc(SCc2ccc(F)cc2)n1Cc1ccccc1. The molecule has 0 fully saturated rings. The van der Waals surface area contributed by atoms with E-state index in [1.165, 1.54) is 17.7 Å². The second-order valence-electron chi connectivity index (χ2n) is 5.02. The van der Waals surface area contributed by atoms with E-state index in [4.69, 9.17) is 0 Å². The summed E-state index contributed by atoms with van der Waals surface area (Å²) < 4.78 is 15.0. The molecule has 0 bridgehead atoms. The van der Waals surface area contributed by atoms with Gasteiger partial charge in [0.05, 0.1) is 6.54 Å². The minimum atomic E-state index is -0.211. The van der Waals surface area contributed by atoms with Gasteiger partial charge in [0.1, 0.15) is 11.6 Å². The summed E-state index contributed by atoms with van der Waals surface area (Å²) in [4.78, 5) is 0. The van der Waals surface area contributed by atoms with Crippen molar-refractivity contribution < 1.29 is 4.39 Å². The summed E-state index contributed by atoms with van der Waals surface area (Å²) in [6, 6.07) is 16.8. The van der Waals surface area contributed by atoms with Gasteiger partial charge in [0.25, 0.3) is 0 Å². The molecule has 5 heteroatoms. The smallest absolute Gasteiger partial charge is 0.191 e. The van der Waals surface area contributed by atoms with Gasteiger partial charge in [0, 0.05) is 5.75 Å². The van der Waals surface area contributed by atoms with Gasteiger partial charge in [-0.15, -0.1) is 10.2 Å². The van der Waals surface area contributed by atoms with Crippen molar-refractivity contribution in [3.05, 3.63) is 77.4 Å². The Balaban J connectivity index is 1.73. The van der Waals surface area contributed by atoms with Crippen LogP contribution in [0.5, 0.6) is 0 Å². The van der Waals surface area contributed by atoms with Gasteiger partial charge in [-0.05, 0) is 30.2 Å². The molecule has 0 unspecified atom stereocenters. The minimum absolute atomic E-state index is 0.211. The number of benzene rings is 2. The molecule has 0 N–H and O–H groups in total. The van der Waals surface area contributed by atoms with Crippen LogP contribution >= 0.6 is 11.8 Å². The first-order chi connectivity index (χ1) is 10.7. The zero-order valence-electron chi connectivity index (χ0n) is 12.2.